The molecule has 6 heteroatoms. The molecule has 0 aliphatic rings. The van der Waals surface area contributed by atoms with Crippen molar-refractivity contribution >= 4 is 29.2 Å². The predicted octanol–water partition coefficient (Wildman–Crippen LogP) is 3.59. The van der Waals surface area contributed by atoms with Crippen molar-refractivity contribution in [2.45, 2.75) is 6.61 Å². The van der Waals surface area contributed by atoms with Crippen molar-refractivity contribution in [3.05, 3.63) is 58.4 Å². The molecule has 0 bridgehead atoms. The number of carbonyl (C=O) groups is 1. The maximum Gasteiger partial charge on any atom is 0.337 e. The first-order valence-electron chi connectivity index (χ1n) is 6.68. The number of esters is 1. The van der Waals surface area contributed by atoms with Crippen LogP contribution in [-0.4, -0.2) is 23.0 Å². The molecule has 5 nitrogen and oxygen atoms in total. The van der Waals surface area contributed by atoms with Crippen molar-refractivity contribution in [2.24, 2.45) is 0 Å². The smallest absolute Gasteiger partial charge is 0.337 e. The minimum Gasteiger partial charge on any atom is -0.489 e. The second-order valence-corrected chi connectivity index (χ2v) is 5.18. The minimum atomic E-state index is -0.358. The summed E-state index contributed by atoms with van der Waals surface area (Å²) in [6.07, 6.45) is 0. The second kappa shape index (κ2) is 6.03. The Hall–Kier alpha value is -2.60. The van der Waals surface area contributed by atoms with E-state index in [1.54, 1.807) is 18.2 Å². The van der Waals surface area contributed by atoms with Gasteiger partial charge >= 0.3 is 5.97 Å². The summed E-state index contributed by atoms with van der Waals surface area (Å²) in [6.45, 7) is 0.363. The van der Waals surface area contributed by atoms with Gasteiger partial charge in [0, 0.05) is 6.07 Å². The van der Waals surface area contributed by atoms with Crippen LogP contribution in [0.1, 0.15) is 15.9 Å². The van der Waals surface area contributed by atoms with Gasteiger partial charge in [0.05, 0.1) is 23.7 Å². The number of nitrogens with one attached hydrogen (secondary N) is 2. The fraction of sp³-hybridized carbons (Fsp3) is 0.125. The zero-order valence-electron chi connectivity index (χ0n) is 11.9. The van der Waals surface area contributed by atoms with Crippen LogP contribution < -0.4 is 4.74 Å². The number of methoxy groups -OCH3 is 1. The Morgan fingerprint density at radius 1 is 1.14 bits per heavy atom. The molecular weight excluding hydrogens is 300 g/mol. The molecular formula is C16H14N2O3S. The zero-order chi connectivity index (χ0) is 15.5. The molecule has 0 amide bonds. The molecule has 112 valence electrons. The molecule has 0 aliphatic carbocycles. The monoisotopic (exact) mass is 314 g/mol. The average Bonchev–Trinajstić information content (AvgIpc) is 2.91. The van der Waals surface area contributed by atoms with Gasteiger partial charge in [-0.1, -0.05) is 12.1 Å². The summed E-state index contributed by atoms with van der Waals surface area (Å²) < 4.78 is 11.0. The number of H-pyrrole nitrogens is 2. The number of hydrogen-bond donors (Lipinski definition) is 2. The number of hydrogen-bond acceptors (Lipinski definition) is 4. The molecule has 0 atom stereocenters. The third-order valence-corrected chi connectivity index (χ3v) is 3.45. The lowest BCUT2D eigenvalue weighted by Crippen LogP contribution is -2.03. The van der Waals surface area contributed by atoms with Crippen LogP contribution in [0, 0.1) is 4.77 Å². The van der Waals surface area contributed by atoms with Crippen molar-refractivity contribution in [3.8, 4) is 5.75 Å². The summed E-state index contributed by atoms with van der Waals surface area (Å²) in [6, 6.07) is 12.8. The van der Waals surface area contributed by atoms with Gasteiger partial charge < -0.3 is 19.4 Å². The van der Waals surface area contributed by atoms with Crippen LogP contribution in [0.2, 0.25) is 0 Å². The van der Waals surface area contributed by atoms with Crippen LogP contribution in [0.5, 0.6) is 5.75 Å². The van der Waals surface area contributed by atoms with E-state index < -0.39 is 0 Å². The fourth-order valence-corrected chi connectivity index (χ4v) is 2.39. The third-order valence-electron chi connectivity index (χ3n) is 3.24. The Morgan fingerprint density at radius 2 is 1.95 bits per heavy atom. The van der Waals surface area contributed by atoms with E-state index in [1.807, 2.05) is 24.3 Å². The number of aromatic amines is 2. The maximum absolute atomic E-state index is 11.5. The Kier molecular flexibility index (Phi) is 3.93. The van der Waals surface area contributed by atoms with Gasteiger partial charge in [-0.05, 0) is 42.0 Å². The molecule has 0 saturated carbocycles. The number of ether oxygens (including phenoxy) is 2. The largest absolute Gasteiger partial charge is 0.489 e. The summed E-state index contributed by atoms with van der Waals surface area (Å²) in [7, 11) is 1.36. The summed E-state index contributed by atoms with van der Waals surface area (Å²) in [5.41, 5.74) is 3.23. The van der Waals surface area contributed by atoms with Gasteiger partial charge in [0.1, 0.15) is 12.4 Å². The molecule has 1 heterocycles. The predicted molar refractivity (Wildman–Crippen MR) is 85.6 cm³/mol. The zero-order valence-corrected chi connectivity index (χ0v) is 12.7. The Morgan fingerprint density at radius 3 is 2.77 bits per heavy atom. The van der Waals surface area contributed by atoms with Crippen molar-refractivity contribution < 1.29 is 14.3 Å². The van der Waals surface area contributed by atoms with Crippen LogP contribution in [0.3, 0.4) is 0 Å². The van der Waals surface area contributed by atoms with Gasteiger partial charge in [0.2, 0.25) is 0 Å². The van der Waals surface area contributed by atoms with E-state index in [4.69, 9.17) is 21.7 Å². The van der Waals surface area contributed by atoms with Gasteiger partial charge in [-0.15, -0.1) is 0 Å². The molecule has 3 aromatic rings. The van der Waals surface area contributed by atoms with Crippen molar-refractivity contribution in [3.63, 3.8) is 0 Å². The highest BCUT2D eigenvalue weighted by Crippen LogP contribution is 2.19. The topological polar surface area (TPSA) is 67.1 Å². The van der Waals surface area contributed by atoms with E-state index in [1.165, 1.54) is 7.11 Å². The lowest BCUT2D eigenvalue weighted by atomic mass is 10.1. The average molecular weight is 314 g/mol. The molecule has 0 fully saturated rings. The molecule has 0 unspecified atom stereocenters. The van der Waals surface area contributed by atoms with Crippen molar-refractivity contribution in [1.29, 1.82) is 0 Å². The molecule has 2 N–H and O–H groups in total. The molecule has 3 rings (SSSR count). The number of imidazole rings is 1. The van der Waals surface area contributed by atoms with E-state index in [-0.39, 0.29) is 5.97 Å². The highest BCUT2D eigenvalue weighted by molar-refractivity contribution is 7.71. The molecule has 0 spiro atoms. The lowest BCUT2D eigenvalue weighted by Gasteiger charge is -2.07. The van der Waals surface area contributed by atoms with Crippen LogP contribution in [0.15, 0.2) is 42.5 Å². The van der Waals surface area contributed by atoms with Crippen LogP contribution in [-0.2, 0) is 11.3 Å². The first-order valence-corrected chi connectivity index (χ1v) is 7.08. The SMILES string of the molecule is COC(=O)c1cccc(COc2ccc3[nH]c(=S)[nH]c3c2)c1. The third kappa shape index (κ3) is 3.01. The van der Waals surface area contributed by atoms with Crippen molar-refractivity contribution in [2.75, 3.05) is 7.11 Å². The molecule has 2 aromatic carbocycles. The number of carbonyl (C=O) groups excluding carboxylic acids is 1. The van der Waals surface area contributed by atoms with E-state index in [0.717, 1.165) is 22.3 Å². The van der Waals surface area contributed by atoms with E-state index in [9.17, 15) is 4.79 Å². The lowest BCUT2D eigenvalue weighted by molar-refractivity contribution is 0.0600. The molecule has 0 aliphatic heterocycles. The standard InChI is InChI=1S/C16H14N2O3S/c1-20-15(19)11-4-2-3-10(7-11)9-21-12-5-6-13-14(8-12)18-16(22)17-13/h2-8H,9H2,1H3,(H2,17,18,22). The Balaban J connectivity index is 1.75. The summed E-state index contributed by atoms with van der Waals surface area (Å²) in [5.74, 6) is 0.365. The normalized spacial score (nSPS) is 10.6. The number of benzene rings is 2. The quantitative estimate of drug-likeness (QED) is 0.570. The van der Waals surface area contributed by atoms with E-state index in [0.29, 0.717) is 16.9 Å². The first kappa shape index (κ1) is 14.3. The summed E-state index contributed by atoms with van der Waals surface area (Å²) >= 11 is 5.05. The van der Waals surface area contributed by atoms with Crippen molar-refractivity contribution in [1.82, 2.24) is 9.97 Å². The Labute approximate surface area is 131 Å². The number of fused-ring (bicyclic) bond motifs is 1. The summed E-state index contributed by atoms with van der Waals surface area (Å²) in [4.78, 5) is 17.6. The Bertz CT molecular complexity index is 882. The van der Waals surface area contributed by atoms with E-state index >= 15 is 0 Å². The van der Waals surface area contributed by atoms with Crippen LogP contribution >= 0.6 is 12.2 Å². The fourth-order valence-electron chi connectivity index (χ4n) is 2.17. The van der Waals surface area contributed by atoms with Crippen LogP contribution in [0.4, 0.5) is 0 Å². The molecule has 0 radical (unpaired) electrons. The number of aromatic nitrogens is 2. The number of rotatable bonds is 4. The minimum absolute atomic E-state index is 0.358. The van der Waals surface area contributed by atoms with Gasteiger partial charge in [-0.2, -0.15) is 0 Å². The molecule has 1 aromatic heterocycles. The van der Waals surface area contributed by atoms with Gasteiger partial charge in [0.15, 0.2) is 4.77 Å². The highest BCUT2D eigenvalue weighted by atomic mass is 32.1. The second-order valence-electron chi connectivity index (χ2n) is 4.77. The van der Waals surface area contributed by atoms with Gasteiger partial charge in [0.25, 0.3) is 0 Å². The van der Waals surface area contributed by atoms with E-state index in [2.05, 4.69) is 9.97 Å². The molecule has 0 saturated heterocycles. The van der Waals surface area contributed by atoms with Crippen LogP contribution in [0.25, 0.3) is 11.0 Å². The highest BCUT2D eigenvalue weighted by Gasteiger charge is 2.06. The van der Waals surface area contributed by atoms with Gasteiger partial charge in [-0.3, -0.25) is 0 Å². The first-order chi connectivity index (χ1) is 10.7. The van der Waals surface area contributed by atoms with Gasteiger partial charge in [-0.25, -0.2) is 4.79 Å². The molecule has 22 heavy (non-hydrogen) atoms. The maximum atomic E-state index is 11.5. The summed E-state index contributed by atoms with van der Waals surface area (Å²) in [5, 5.41) is 0.